The Kier molecular flexibility index (Phi) is 8.20. The van der Waals surface area contributed by atoms with Crippen LogP contribution in [-0.2, 0) is 9.59 Å². The molecule has 2 saturated heterocycles. The lowest BCUT2D eigenvalue weighted by Gasteiger charge is -2.51. The molecule has 2 amide bonds. The fraction of sp³-hybridized carbons (Fsp3) is 0.182. The third-order valence-electron chi connectivity index (χ3n) is 10.2. The summed E-state index contributed by atoms with van der Waals surface area (Å²) >= 11 is 0. The van der Waals surface area contributed by atoms with E-state index in [4.69, 9.17) is 18.9 Å². The third kappa shape index (κ3) is 5.57. The molecule has 6 aromatic rings. The molecule has 8 heteroatoms. The standard InChI is InChI=1S/C44H36N2O6/c47-43-41-39(33-19-11-15-29-13-1-3-17-31(29)33)45(43)25-26-46-40(34-20-12-16-30-14-2-4-18-32(30)34)42(44(46)48)52-38-24-8-6-22-36(38)50-28-10-9-27-49-35-21-5-7-23-37(35)51-41/h1-24,39-42H,25-28H2/b10-9-/t39-,40-,41+,42+/m1/s1. The number of amides is 2. The molecule has 0 spiro atoms. The van der Waals surface area contributed by atoms with E-state index in [2.05, 4.69) is 48.5 Å². The molecule has 4 bridgehead atoms. The molecule has 5 heterocycles. The van der Waals surface area contributed by atoms with Gasteiger partial charge in [-0.25, -0.2) is 0 Å². The number of benzene rings is 6. The number of para-hydroxylation sites is 4. The van der Waals surface area contributed by atoms with Crippen LogP contribution >= 0.6 is 0 Å². The zero-order chi connectivity index (χ0) is 35.0. The highest BCUT2D eigenvalue weighted by Crippen LogP contribution is 2.45. The molecule has 2 fully saturated rings. The zero-order valence-electron chi connectivity index (χ0n) is 28.3. The van der Waals surface area contributed by atoms with Crippen LogP contribution in [0.15, 0.2) is 146 Å². The largest absolute Gasteiger partial charge is 0.486 e. The van der Waals surface area contributed by atoms with Gasteiger partial charge < -0.3 is 28.7 Å². The SMILES string of the molecule is O=C1[C@H]2Oc3ccccc3OC/C=C\COc3ccccc3O[C@@H]3C(=O)N(CCN1[C@@H]2c1cccc2ccccc12)[C@@H]3c1cccc2ccccc12. The number of fused-ring (bicyclic) bond motifs is 2. The summed E-state index contributed by atoms with van der Waals surface area (Å²) in [6.07, 6.45) is 2.19. The van der Waals surface area contributed by atoms with Crippen LogP contribution in [0, 0.1) is 0 Å². The lowest BCUT2D eigenvalue weighted by atomic mass is 9.86. The Balaban J connectivity index is 1.12. The quantitative estimate of drug-likeness (QED) is 0.137. The topological polar surface area (TPSA) is 77.5 Å². The fourth-order valence-electron chi connectivity index (χ4n) is 7.68. The Morgan fingerprint density at radius 3 is 1.29 bits per heavy atom. The lowest BCUT2D eigenvalue weighted by Crippen LogP contribution is -2.66. The van der Waals surface area contributed by atoms with Crippen molar-refractivity contribution in [2.45, 2.75) is 24.3 Å². The Morgan fingerprint density at radius 1 is 0.442 bits per heavy atom. The minimum atomic E-state index is -0.779. The number of carbonyl (C=O) groups excluding carboxylic acids is 2. The van der Waals surface area contributed by atoms with Gasteiger partial charge in [0.25, 0.3) is 11.8 Å². The Morgan fingerprint density at radius 2 is 0.827 bits per heavy atom. The summed E-state index contributed by atoms with van der Waals surface area (Å²) in [6.45, 7) is 1.18. The van der Waals surface area contributed by atoms with Crippen molar-refractivity contribution >= 4 is 33.4 Å². The number of β-lactam (4-membered cyclic amide) rings is 2. The van der Waals surface area contributed by atoms with Crippen molar-refractivity contribution in [2.75, 3.05) is 26.3 Å². The van der Waals surface area contributed by atoms with Gasteiger partial charge in [0.05, 0.1) is 0 Å². The Hall–Kier alpha value is -6.28. The summed E-state index contributed by atoms with van der Waals surface area (Å²) in [5, 5.41) is 4.25. The zero-order valence-corrected chi connectivity index (χ0v) is 28.3. The van der Waals surface area contributed by atoms with Gasteiger partial charge in [-0.3, -0.25) is 9.59 Å². The van der Waals surface area contributed by atoms with Gasteiger partial charge in [0.1, 0.15) is 25.3 Å². The van der Waals surface area contributed by atoms with Crippen molar-refractivity contribution in [3.63, 3.8) is 0 Å². The van der Waals surface area contributed by atoms with Gasteiger partial charge >= 0.3 is 0 Å². The molecular weight excluding hydrogens is 652 g/mol. The van der Waals surface area contributed by atoms with E-state index in [9.17, 15) is 9.59 Å². The van der Waals surface area contributed by atoms with Crippen LogP contribution in [0.3, 0.4) is 0 Å². The molecule has 11 rings (SSSR count). The van der Waals surface area contributed by atoms with E-state index in [1.807, 2.05) is 107 Å². The highest BCUT2D eigenvalue weighted by atomic mass is 16.5. The average molecular weight is 689 g/mol. The number of rotatable bonds is 2. The van der Waals surface area contributed by atoms with E-state index in [0.717, 1.165) is 32.7 Å². The molecule has 8 nitrogen and oxygen atoms in total. The van der Waals surface area contributed by atoms with Gasteiger partial charge in [-0.15, -0.1) is 0 Å². The number of hydrogen-bond acceptors (Lipinski definition) is 6. The Bertz CT molecular complexity index is 2160. The fourth-order valence-corrected chi connectivity index (χ4v) is 7.68. The van der Waals surface area contributed by atoms with Gasteiger partial charge in [-0.2, -0.15) is 0 Å². The molecule has 0 radical (unpaired) electrons. The van der Waals surface area contributed by atoms with Crippen molar-refractivity contribution in [2.24, 2.45) is 0 Å². The van der Waals surface area contributed by atoms with Gasteiger partial charge in [0, 0.05) is 13.1 Å². The maximum Gasteiger partial charge on any atom is 0.266 e. The molecule has 52 heavy (non-hydrogen) atoms. The smallest absolute Gasteiger partial charge is 0.266 e. The molecule has 0 aliphatic carbocycles. The predicted molar refractivity (Wildman–Crippen MR) is 199 cm³/mol. The van der Waals surface area contributed by atoms with Crippen molar-refractivity contribution < 1.29 is 28.5 Å². The molecule has 0 N–H and O–H groups in total. The maximum absolute atomic E-state index is 14.1. The van der Waals surface area contributed by atoms with Crippen LogP contribution in [0.25, 0.3) is 21.5 Å². The van der Waals surface area contributed by atoms with E-state index in [1.165, 1.54) is 0 Å². The summed E-state index contributed by atoms with van der Waals surface area (Å²) in [7, 11) is 0. The van der Waals surface area contributed by atoms with Crippen molar-refractivity contribution in [1.29, 1.82) is 0 Å². The van der Waals surface area contributed by atoms with Gasteiger partial charge in [0.2, 0.25) is 12.2 Å². The molecule has 5 aliphatic heterocycles. The second-order valence-electron chi connectivity index (χ2n) is 13.2. The summed E-state index contributed by atoms with van der Waals surface area (Å²) in [5.41, 5.74) is 1.98. The molecular formula is C44H36N2O6. The molecule has 0 saturated carbocycles. The second kappa shape index (κ2) is 13.5. The van der Waals surface area contributed by atoms with Crippen LogP contribution in [0.2, 0.25) is 0 Å². The van der Waals surface area contributed by atoms with Crippen molar-refractivity contribution in [3.8, 4) is 23.0 Å². The van der Waals surface area contributed by atoms with Crippen LogP contribution in [-0.4, -0.2) is 60.1 Å². The number of nitrogens with zero attached hydrogens (tertiary/aromatic N) is 2. The van der Waals surface area contributed by atoms with E-state index in [0.29, 0.717) is 36.1 Å². The number of hydrogen-bond donors (Lipinski definition) is 0. The average Bonchev–Trinajstić information content (AvgIpc) is 3.19. The van der Waals surface area contributed by atoms with Crippen LogP contribution in [0.5, 0.6) is 23.0 Å². The first-order valence-electron chi connectivity index (χ1n) is 17.6. The molecule has 0 aromatic heterocycles. The normalized spacial score (nSPS) is 22.3. The minimum absolute atomic E-state index is 0.143. The van der Waals surface area contributed by atoms with E-state index >= 15 is 0 Å². The lowest BCUT2D eigenvalue weighted by molar-refractivity contribution is -0.172. The van der Waals surface area contributed by atoms with E-state index < -0.39 is 12.2 Å². The predicted octanol–water partition coefficient (Wildman–Crippen LogP) is 7.68. The van der Waals surface area contributed by atoms with Gasteiger partial charge in [-0.05, 0) is 69.1 Å². The highest BCUT2D eigenvalue weighted by molar-refractivity contribution is 5.95. The molecule has 4 atom stereocenters. The monoisotopic (exact) mass is 688 g/mol. The minimum Gasteiger partial charge on any atom is -0.486 e. The summed E-state index contributed by atoms with van der Waals surface area (Å²) < 4.78 is 25.3. The number of carbonyl (C=O) groups is 2. The van der Waals surface area contributed by atoms with Crippen LogP contribution in [0.4, 0.5) is 0 Å². The third-order valence-corrected chi connectivity index (χ3v) is 10.2. The highest BCUT2D eigenvalue weighted by Gasteiger charge is 2.54. The summed E-state index contributed by atoms with van der Waals surface area (Å²) in [5.74, 6) is 1.78. The van der Waals surface area contributed by atoms with Crippen LogP contribution < -0.4 is 18.9 Å². The molecule has 0 unspecified atom stereocenters. The molecule has 6 aromatic carbocycles. The van der Waals surface area contributed by atoms with Gasteiger partial charge in [0.15, 0.2) is 23.0 Å². The first kappa shape index (κ1) is 31.7. The van der Waals surface area contributed by atoms with Crippen molar-refractivity contribution in [3.05, 3.63) is 157 Å². The first-order valence-corrected chi connectivity index (χ1v) is 17.6. The number of ether oxygens (including phenoxy) is 4. The Labute approximate surface area is 301 Å². The molecule has 5 aliphatic rings. The van der Waals surface area contributed by atoms with Gasteiger partial charge in [-0.1, -0.05) is 109 Å². The first-order chi connectivity index (χ1) is 25.7. The maximum atomic E-state index is 14.1. The second-order valence-corrected chi connectivity index (χ2v) is 13.2. The summed E-state index contributed by atoms with van der Waals surface area (Å²) in [6, 6.07) is 42.7. The summed E-state index contributed by atoms with van der Waals surface area (Å²) in [4.78, 5) is 32.0. The van der Waals surface area contributed by atoms with Crippen molar-refractivity contribution in [1.82, 2.24) is 9.80 Å². The molecule has 258 valence electrons. The van der Waals surface area contributed by atoms with E-state index in [1.54, 1.807) is 0 Å². The van der Waals surface area contributed by atoms with Crippen LogP contribution in [0.1, 0.15) is 23.2 Å². The van der Waals surface area contributed by atoms with E-state index in [-0.39, 0.29) is 37.1 Å².